The number of nitrogen functional groups attached to an aromatic ring is 1. The van der Waals surface area contributed by atoms with Gasteiger partial charge in [0.2, 0.25) is 0 Å². The van der Waals surface area contributed by atoms with Crippen LogP contribution in [0.25, 0.3) is 23.0 Å². The molecule has 0 atom stereocenters. The molecule has 0 saturated heterocycles. The molecule has 0 spiro atoms. The molecular formula is C18H18N6O. The van der Waals surface area contributed by atoms with Crippen molar-refractivity contribution in [2.45, 2.75) is 19.4 Å². The van der Waals surface area contributed by atoms with Crippen LogP contribution < -0.4 is 5.73 Å². The second kappa shape index (κ2) is 6.64. The number of nitrogens with zero attached hydrogens (tertiary/aromatic N) is 4. The SMILES string of the molecule is Nc1c(-c2n[nH]c(-c3ccco3)n2)cnn1CCCc1ccccc1. The molecule has 0 aliphatic carbocycles. The molecule has 4 rings (SSSR count). The van der Waals surface area contributed by atoms with Crippen LogP contribution in [0.5, 0.6) is 0 Å². The Morgan fingerprint density at radius 1 is 1.12 bits per heavy atom. The van der Waals surface area contributed by atoms with Gasteiger partial charge in [-0.15, -0.1) is 0 Å². The van der Waals surface area contributed by atoms with Crippen LogP contribution in [0.2, 0.25) is 0 Å². The highest BCUT2D eigenvalue weighted by atomic mass is 16.3. The molecule has 126 valence electrons. The molecule has 1 aromatic carbocycles. The molecule has 0 aliphatic rings. The first-order valence-electron chi connectivity index (χ1n) is 8.13. The molecule has 3 N–H and O–H groups in total. The monoisotopic (exact) mass is 334 g/mol. The largest absolute Gasteiger partial charge is 0.461 e. The van der Waals surface area contributed by atoms with Gasteiger partial charge < -0.3 is 10.2 Å². The van der Waals surface area contributed by atoms with Gasteiger partial charge in [-0.2, -0.15) is 10.2 Å². The van der Waals surface area contributed by atoms with Crippen molar-refractivity contribution < 1.29 is 4.42 Å². The number of aromatic amines is 1. The van der Waals surface area contributed by atoms with Gasteiger partial charge in [0.05, 0.1) is 18.0 Å². The molecule has 0 saturated carbocycles. The van der Waals surface area contributed by atoms with Crippen LogP contribution in [0, 0.1) is 0 Å². The number of rotatable bonds is 6. The fourth-order valence-corrected chi connectivity index (χ4v) is 2.73. The van der Waals surface area contributed by atoms with E-state index in [1.54, 1.807) is 23.2 Å². The number of benzene rings is 1. The Kier molecular flexibility index (Phi) is 4.04. The second-order valence-corrected chi connectivity index (χ2v) is 5.74. The number of H-pyrrole nitrogens is 1. The molecule has 0 unspecified atom stereocenters. The number of aryl methyl sites for hydroxylation is 2. The van der Waals surface area contributed by atoms with Crippen LogP contribution in [-0.2, 0) is 13.0 Å². The molecule has 7 heteroatoms. The summed E-state index contributed by atoms with van der Waals surface area (Å²) in [6, 6.07) is 14.0. The van der Waals surface area contributed by atoms with E-state index in [1.807, 2.05) is 12.1 Å². The van der Waals surface area contributed by atoms with E-state index in [1.165, 1.54) is 5.56 Å². The molecule has 25 heavy (non-hydrogen) atoms. The van der Waals surface area contributed by atoms with E-state index in [9.17, 15) is 0 Å². The Bertz CT molecular complexity index is 939. The first kappa shape index (κ1) is 15.2. The lowest BCUT2D eigenvalue weighted by Crippen LogP contribution is -2.06. The summed E-state index contributed by atoms with van der Waals surface area (Å²) in [5.41, 5.74) is 8.25. The van der Waals surface area contributed by atoms with Gasteiger partial charge in [0.15, 0.2) is 17.4 Å². The maximum atomic E-state index is 6.23. The number of nitrogens with two attached hydrogens (primary N) is 1. The van der Waals surface area contributed by atoms with Crippen molar-refractivity contribution in [3.05, 3.63) is 60.5 Å². The van der Waals surface area contributed by atoms with Crippen molar-refractivity contribution in [1.82, 2.24) is 25.0 Å². The van der Waals surface area contributed by atoms with E-state index in [0.29, 0.717) is 28.8 Å². The van der Waals surface area contributed by atoms with Gasteiger partial charge in [0.25, 0.3) is 0 Å². The Morgan fingerprint density at radius 3 is 2.80 bits per heavy atom. The number of hydrogen-bond donors (Lipinski definition) is 2. The summed E-state index contributed by atoms with van der Waals surface area (Å²) in [7, 11) is 0. The highest BCUT2D eigenvalue weighted by Gasteiger charge is 2.15. The van der Waals surface area contributed by atoms with Crippen molar-refractivity contribution in [1.29, 1.82) is 0 Å². The van der Waals surface area contributed by atoms with Gasteiger partial charge >= 0.3 is 0 Å². The van der Waals surface area contributed by atoms with Gasteiger partial charge in [-0.1, -0.05) is 30.3 Å². The molecule has 3 heterocycles. The third-order valence-corrected chi connectivity index (χ3v) is 4.04. The topological polar surface area (TPSA) is 98.6 Å². The van der Waals surface area contributed by atoms with E-state index in [4.69, 9.17) is 10.2 Å². The van der Waals surface area contributed by atoms with E-state index in [0.717, 1.165) is 19.4 Å². The minimum atomic E-state index is 0.512. The van der Waals surface area contributed by atoms with Crippen LogP contribution in [0.1, 0.15) is 12.0 Å². The molecule has 0 bridgehead atoms. The lowest BCUT2D eigenvalue weighted by Gasteiger charge is -2.05. The maximum Gasteiger partial charge on any atom is 0.192 e. The number of hydrogen-bond acceptors (Lipinski definition) is 5. The lowest BCUT2D eigenvalue weighted by atomic mass is 10.1. The van der Waals surface area contributed by atoms with Crippen molar-refractivity contribution in [2.24, 2.45) is 0 Å². The molecule has 0 aliphatic heterocycles. The molecular weight excluding hydrogens is 316 g/mol. The van der Waals surface area contributed by atoms with E-state index < -0.39 is 0 Å². The summed E-state index contributed by atoms with van der Waals surface area (Å²) in [6.07, 6.45) is 5.24. The van der Waals surface area contributed by atoms with Gasteiger partial charge in [-0.05, 0) is 30.5 Å². The Hall–Kier alpha value is -3.35. The van der Waals surface area contributed by atoms with Gasteiger partial charge in [0.1, 0.15) is 5.82 Å². The van der Waals surface area contributed by atoms with Crippen LogP contribution >= 0.6 is 0 Å². The predicted octanol–water partition coefficient (Wildman–Crippen LogP) is 3.14. The third-order valence-electron chi connectivity index (χ3n) is 4.04. The number of furan rings is 1. The normalized spacial score (nSPS) is 11.0. The second-order valence-electron chi connectivity index (χ2n) is 5.74. The van der Waals surface area contributed by atoms with Crippen molar-refractivity contribution >= 4 is 5.82 Å². The molecule has 0 fully saturated rings. The molecule has 4 aromatic rings. The Morgan fingerprint density at radius 2 is 2.00 bits per heavy atom. The summed E-state index contributed by atoms with van der Waals surface area (Å²) < 4.78 is 7.11. The number of nitrogens with one attached hydrogen (secondary N) is 1. The summed E-state index contributed by atoms with van der Waals surface area (Å²) in [5.74, 6) is 2.28. The quantitative estimate of drug-likeness (QED) is 0.564. The number of anilines is 1. The molecule has 0 radical (unpaired) electrons. The van der Waals surface area contributed by atoms with Crippen molar-refractivity contribution in [3.8, 4) is 23.0 Å². The van der Waals surface area contributed by atoms with Crippen LogP contribution in [0.15, 0.2) is 59.3 Å². The highest BCUT2D eigenvalue weighted by molar-refractivity contribution is 5.68. The minimum Gasteiger partial charge on any atom is -0.461 e. The summed E-state index contributed by atoms with van der Waals surface area (Å²) in [4.78, 5) is 4.43. The fourth-order valence-electron chi connectivity index (χ4n) is 2.73. The first-order valence-corrected chi connectivity index (χ1v) is 8.13. The zero-order chi connectivity index (χ0) is 17.1. The summed E-state index contributed by atoms with van der Waals surface area (Å²) in [6.45, 7) is 0.746. The molecule has 7 nitrogen and oxygen atoms in total. The van der Waals surface area contributed by atoms with Gasteiger partial charge in [-0.3, -0.25) is 5.10 Å². The number of aromatic nitrogens is 5. The fraction of sp³-hybridized carbons (Fsp3) is 0.167. The summed E-state index contributed by atoms with van der Waals surface area (Å²) >= 11 is 0. The average Bonchev–Trinajstić information content (AvgIpc) is 3.37. The molecule has 0 amide bonds. The standard InChI is InChI=1S/C18H18N6O/c19-16-14(17-21-18(23-22-17)15-9-5-11-25-15)12-20-24(16)10-4-8-13-6-2-1-3-7-13/h1-3,5-7,9,11-12H,4,8,10,19H2,(H,21,22,23). The highest BCUT2D eigenvalue weighted by Crippen LogP contribution is 2.25. The van der Waals surface area contributed by atoms with Crippen molar-refractivity contribution in [2.75, 3.05) is 5.73 Å². The van der Waals surface area contributed by atoms with Crippen LogP contribution in [0.4, 0.5) is 5.82 Å². The van der Waals surface area contributed by atoms with Gasteiger partial charge in [-0.25, -0.2) is 9.67 Å². The lowest BCUT2D eigenvalue weighted by molar-refractivity contribution is 0.577. The third kappa shape index (κ3) is 3.16. The summed E-state index contributed by atoms with van der Waals surface area (Å²) in [5, 5.41) is 11.4. The zero-order valence-corrected chi connectivity index (χ0v) is 13.6. The van der Waals surface area contributed by atoms with E-state index in [-0.39, 0.29) is 0 Å². The average molecular weight is 334 g/mol. The molecule has 3 aromatic heterocycles. The smallest absolute Gasteiger partial charge is 0.192 e. The predicted molar refractivity (Wildman–Crippen MR) is 94.5 cm³/mol. The van der Waals surface area contributed by atoms with Gasteiger partial charge in [0, 0.05) is 6.54 Å². The first-order chi connectivity index (χ1) is 12.3. The minimum absolute atomic E-state index is 0.512. The zero-order valence-electron chi connectivity index (χ0n) is 13.6. The Balaban J connectivity index is 1.46. The van der Waals surface area contributed by atoms with Crippen LogP contribution in [-0.4, -0.2) is 25.0 Å². The maximum absolute atomic E-state index is 6.23. The van der Waals surface area contributed by atoms with E-state index in [2.05, 4.69) is 44.5 Å². The Labute approximate surface area is 144 Å². The van der Waals surface area contributed by atoms with Crippen LogP contribution in [0.3, 0.4) is 0 Å². The van der Waals surface area contributed by atoms with E-state index >= 15 is 0 Å². The van der Waals surface area contributed by atoms with Crippen molar-refractivity contribution in [3.63, 3.8) is 0 Å².